The fourth-order valence-corrected chi connectivity index (χ4v) is 3.97. The van der Waals surface area contributed by atoms with Gasteiger partial charge in [0.25, 0.3) is 0 Å². The predicted octanol–water partition coefficient (Wildman–Crippen LogP) is 4.56. The summed E-state index contributed by atoms with van der Waals surface area (Å²) in [4.78, 5) is 23.8. The number of benzene rings is 2. The molecule has 2 aromatic carbocycles. The molecule has 0 fully saturated rings. The molecule has 2 aromatic rings. The van der Waals surface area contributed by atoms with Gasteiger partial charge < -0.3 is 9.47 Å². The Morgan fingerprint density at radius 2 is 2.00 bits per heavy atom. The van der Waals surface area contributed by atoms with Gasteiger partial charge in [0, 0.05) is 16.9 Å². The van der Waals surface area contributed by atoms with Crippen LogP contribution in [0.1, 0.15) is 27.6 Å². The largest absolute Gasteiger partial charge is 0.497 e. The smallest absolute Gasteiger partial charge is 0.310 e. The molecule has 1 unspecified atom stereocenters. The summed E-state index contributed by atoms with van der Waals surface area (Å²) in [6.07, 6.45) is 2.65. The Morgan fingerprint density at radius 3 is 2.69 bits per heavy atom. The normalized spacial score (nSPS) is 16.1. The summed E-state index contributed by atoms with van der Waals surface area (Å²) in [5, 5.41) is 11.1. The molecule has 0 bridgehead atoms. The summed E-state index contributed by atoms with van der Waals surface area (Å²) in [5.41, 5.74) is 1.30. The van der Waals surface area contributed by atoms with Crippen molar-refractivity contribution in [3.8, 4) is 11.5 Å². The second-order valence-corrected chi connectivity index (χ2v) is 6.90. The van der Waals surface area contributed by atoms with Crippen molar-refractivity contribution in [2.24, 2.45) is 0 Å². The lowest BCUT2D eigenvalue weighted by molar-refractivity contribution is -0.385. The monoisotopic (exact) mass is 371 g/mol. The van der Waals surface area contributed by atoms with Gasteiger partial charge in [-0.05, 0) is 36.2 Å². The van der Waals surface area contributed by atoms with E-state index in [-0.39, 0.29) is 22.5 Å². The average Bonchev–Trinajstić information content (AvgIpc) is 3.17. The number of thioether (sulfide) groups is 1. The molecule has 0 saturated heterocycles. The Bertz CT molecular complexity index is 893. The Kier molecular flexibility index (Phi) is 5.27. The van der Waals surface area contributed by atoms with Crippen molar-refractivity contribution in [1.29, 1.82) is 0 Å². The molecular formula is C19H17NO5S. The highest BCUT2D eigenvalue weighted by molar-refractivity contribution is 8.04. The minimum atomic E-state index is -0.532. The Morgan fingerprint density at radius 1 is 1.19 bits per heavy atom. The summed E-state index contributed by atoms with van der Waals surface area (Å²) in [7, 11) is 2.97. The molecular weight excluding hydrogens is 354 g/mol. The third kappa shape index (κ3) is 3.57. The molecule has 0 amide bonds. The van der Waals surface area contributed by atoms with Crippen molar-refractivity contribution >= 4 is 23.2 Å². The van der Waals surface area contributed by atoms with Crippen molar-refractivity contribution in [2.45, 2.75) is 11.7 Å². The maximum atomic E-state index is 12.8. The number of carbonyl (C=O) groups is 1. The highest BCUT2D eigenvalue weighted by Crippen LogP contribution is 2.45. The molecule has 1 aliphatic rings. The second-order valence-electron chi connectivity index (χ2n) is 5.66. The fraction of sp³-hybridized carbons (Fsp3) is 0.211. The van der Waals surface area contributed by atoms with Gasteiger partial charge in [-0.3, -0.25) is 14.9 Å². The van der Waals surface area contributed by atoms with Gasteiger partial charge in [0.05, 0.1) is 24.0 Å². The first-order valence-electron chi connectivity index (χ1n) is 7.91. The van der Waals surface area contributed by atoms with Gasteiger partial charge in [-0.1, -0.05) is 18.2 Å². The molecule has 0 N–H and O–H groups in total. The molecule has 0 radical (unpaired) electrons. The van der Waals surface area contributed by atoms with Crippen LogP contribution in [0.2, 0.25) is 0 Å². The summed E-state index contributed by atoms with van der Waals surface area (Å²) < 4.78 is 10.3. The molecule has 1 heterocycles. The number of hydrogen-bond acceptors (Lipinski definition) is 6. The van der Waals surface area contributed by atoms with Crippen molar-refractivity contribution in [3.05, 3.63) is 74.7 Å². The van der Waals surface area contributed by atoms with Gasteiger partial charge in [0.15, 0.2) is 11.5 Å². The number of nitrogens with zero attached hydrogens (tertiary/aromatic N) is 1. The van der Waals surface area contributed by atoms with Gasteiger partial charge in [0.1, 0.15) is 5.75 Å². The molecule has 0 aliphatic carbocycles. The highest BCUT2D eigenvalue weighted by atomic mass is 32.2. The lowest BCUT2D eigenvalue weighted by atomic mass is 10.1. The second kappa shape index (κ2) is 7.61. The highest BCUT2D eigenvalue weighted by Gasteiger charge is 2.26. The van der Waals surface area contributed by atoms with Crippen LogP contribution in [0.5, 0.6) is 11.5 Å². The van der Waals surface area contributed by atoms with Gasteiger partial charge in [-0.2, -0.15) is 0 Å². The number of ether oxygens (including phenoxy) is 2. The lowest BCUT2D eigenvalue weighted by Crippen LogP contribution is -2.02. The number of nitro benzene ring substituents is 1. The maximum Gasteiger partial charge on any atom is 0.310 e. The number of hydrogen-bond donors (Lipinski definition) is 0. The Balaban J connectivity index is 1.78. The SMILES string of the molecule is COc1cccc(C2CC=C(C(=O)c3ccc([N+](=O)[O-])c(OC)c3)S2)c1. The Labute approximate surface area is 155 Å². The van der Waals surface area contributed by atoms with Crippen LogP contribution < -0.4 is 9.47 Å². The van der Waals surface area contributed by atoms with E-state index in [1.54, 1.807) is 7.11 Å². The van der Waals surface area contributed by atoms with Gasteiger partial charge in [-0.25, -0.2) is 0 Å². The zero-order valence-electron chi connectivity index (χ0n) is 14.3. The third-order valence-corrected chi connectivity index (χ3v) is 5.47. The zero-order valence-corrected chi connectivity index (χ0v) is 15.1. The first kappa shape index (κ1) is 18.0. The van der Waals surface area contributed by atoms with Gasteiger partial charge in [0.2, 0.25) is 0 Å². The van der Waals surface area contributed by atoms with E-state index < -0.39 is 4.92 Å². The molecule has 3 rings (SSSR count). The van der Waals surface area contributed by atoms with E-state index in [9.17, 15) is 14.9 Å². The number of ketones is 1. The zero-order chi connectivity index (χ0) is 18.7. The molecule has 6 nitrogen and oxygen atoms in total. The van der Waals surface area contributed by atoms with E-state index >= 15 is 0 Å². The van der Waals surface area contributed by atoms with Crippen molar-refractivity contribution in [1.82, 2.24) is 0 Å². The van der Waals surface area contributed by atoms with E-state index in [1.807, 2.05) is 30.3 Å². The van der Waals surface area contributed by atoms with E-state index in [2.05, 4.69) is 0 Å². The standard InChI is InChI=1S/C19H17NO5S/c1-24-14-5-3-4-12(10-14)17-8-9-18(26-17)19(21)13-6-7-15(20(22)23)16(11-13)25-2/h3-7,9-11,17H,8H2,1-2H3. The van der Waals surface area contributed by atoms with Crippen molar-refractivity contribution < 1.29 is 19.2 Å². The molecule has 1 atom stereocenters. The van der Waals surface area contributed by atoms with Crippen LogP contribution in [0, 0.1) is 10.1 Å². The minimum absolute atomic E-state index is 0.0776. The number of allylic oxidation sites excluding steroid dienone is 2. The number of methoxy groups -OCH3 is 2. The van der Waals surface area contributed by atoms with E-state index in [0.717, 1.165) is 17.7 Å². The van der Waals surface area contributed by atoms with Gasteiger partial charge in [-0.15, -0.1) is 11.8 Å². The summed E-state index contributed by atoms with van der Waals surface area (Å²) >= 11 is 1.49. The van der Waals surface area contributed by atoms with Crippen LogP contribution in [-0.2, 0) is 0 Å². The molecule has 1 aliphatic heterocycles. The molecule has 7 heteroatoms. The van der Waals surface area contributed by atoms with Crippen LogP contribution in [0.4, 0.5) is 5.69 Å². The van der Waals surface area contributed by atoms with Gasteiger partial charge >= 0.3 is 5.69 Å². The van der Waals surface area contributed by atoms with Crippen LogP contribution >= 0.6 is 11.8 Å². The number of Topliss-reactive ketones (excluding diaryl/α,β-unsaturated/α-hetero) is 1. The summed E-state index contributed by atoms with van der Waals surface area (Å²) in [6, 6.07) is 12.0. The van der Waals surface area contributed by atoms with E-state index in [4.69, 9.17) is 9.47 Å². The topological polar surface area (TPSA) is 78.7 Å². The average molecular weight is 371 g/mol. The summed E-state index contributed by atoms with van der Waals surface area (Å²) in [6.45, 7) is 0. The molecule has 134 valence electrons. The maximum absolute atomic E-state index is 12.8. The first-order valence-corrected chi connectivity index (χ1v) is 8.79. The number of nitro groups is 1. The first-order chi connectivity index (χ1) is 12.5. The number of rotatable bonds is 6. The predicted molar refractivity (Wildman–Crippen MR) is 100 cm³/mol. The van der Waals surface area contributed by atoms with Crippen LogP contribution in [0.3, 0.4) is 0 Å². The number of carbonyl (C=O) groups excluding carboxylic acids is 1. The molecule has 0 spiro atoms. The summed E-state index contributed by atoms with van der Waals surface area (Å²) in [5.74, 6) is 0.699. The van der Waals surface area contributed by atoms with Crippen molar-refractivity contribution in [3.63, 3.8) is 0 Å². The minimum Gasteiger partial charge on any atom is -0.497 e. The van der Waals surface area contributed by atoms with Crippen molar-refractivity contribution in [2.75, 3.05) is 14.2 Å². The molecule has 0 saturated carbocycles. The molecule has 26 heavy (non-hydrogen) atoms. The Hall–Kier alpha value is -2.80. The van der Waals surface area contributed by atoms with Crippen LogP contribution in [0.25, 0.3) is 0 Å². The third-order valence-electron chi connectivity index (χ3n) is 4.11. The molecule has 0 aromatic heterocycles. The fourth-order valence-electron chi connectivity index (χ4n) is 2.77. The van der Waals surface area contributed by atoms with E-state index in [1.165, 1.54) is 37.1 Å². The van der Waals surface area contributed by atoms with Crippen LogP contribution in [0.15, 0.2) is 53.4 Å². The quantitative estimate of drug-likeness (QED) is 0.421. The van der Waals surface area contributed by atoms with E-state index in [0.29, 0.717) is 10.5 Å². The van der Waals surface area contributed by atoms with Crippen LogP contribution in [-0.4, -0.2) is 24.9 Å². The lowest BCUT2D eigenvalue weighted by Gasteiger charge is -2.11.